The summed E-state index contributed by atoms with van der Waals surface area (Å²) in [7, 11) is 0. The van der Waals surface area contributed by atoms with E-state index >= 15 is 0 Å². The second kappa shape index (κ2) is 6.20. The minimum absolute atomic E-state index is 0.472. The monoisotopic (exact) mass is 271 g/mol. The van der Waals surface area contributed by atoms with Gasteiger partial charge in [0.1, 0.15) is 0 Å². The van der Waals surface area contributed by atoms with Crippen molar-refractivity contribution in [2.24, 2.45) is 0 Å². The summed E-state index contributed by atoms with van der Waals surface area (Å²) >= 11 is 0. The molecule has 1 saturated carbocycles. The van der Waals surface area contributed by atoms with Gasteiger partial charge < -0.3 is 10.1 Å². The Morgan fingerprint density at radius 1 is 1.30 bits per heavy atom. The van der Waals surface area contributed by atoms with Gasteiger partial charge in [0, 0.05) is 31.6 Å². The first-order valence-corrected chi connectivity index (χ1v) is 7.29. The Morgan fingerprint density at radius 2 is 2.10 bits per heavy atom. The topological polar surface area (TPSA) is 39.1 Å². The standard InChI is InChI=1S/C16H21N3O/c1-2-20-16-10-14(11-16)17-12-13-4-6-15(7-5-13)19-9-3-8-18-19/h3-9,14,16-17H,2,10-12H2,1H3. The molecule has 2 aromatic rings. The molecule has 3 rings (SSSR count). The minimum Gasteiger partial charge on any atom is -0.378 e. The first-order chi connectivity index (χ1) is 9.85. The third-order valence-corrected chi connectivity index (χ3v) is 3.80. The molecule has 1 fully saturated rings. The van der Waals surface area contributed by atoms with Crippen molar-refractivity contribution >= 4 is 0 Å². The van der Waals surface area contributed by atoms with Gasteiger partial charge in [0.2, 0.25) is 0 Å². The van der Waals surface area contributed by atoms with Crippen molar-refractivity contribution in [2.75, 3.05) is 6.61 Å². The van der Waals surface area contributed by atoms with E-state index in [1.54, 1.807) is 6.20 Å². The molecule has 1 aromatic carbocycles. The molecule has 0 amide bonds. The van der Waals surface area contributed by atoms with Gasteiger partial charge in [-0.05, 0) is 43.5 Å². The maximum Gasteiger partial charge on any atom is 0.0645 e. The van der Waals surface area contributed by atoms with Crippen LogP contribution in [0.5, 0.6) is 0 Å². The van der Waals surface area contributed by atoms with Crippen LogP contribution in [-0.2, 0) is 11.3 Å². The van der Waals surface area contributed by atoms with Crippen molar-refractivity contribution in [1.29, 1.82) is 0 Å². The maximum absolute atomic E-state index is 5.57. The predicted molar refractivity (Wildman–Crippen MR) is 78.8 cm³/mol. The highest BCUT2D eigenvalue weighted by molar-refractivity contribution is 5.33. The van der Waals surface area contributed by atoms with Gasteiger partial charge in [-0.3, -0.25) is 0 Å². The molecule has 0 unspecified atom stereocenters. The van der Waals surface area contributed by atoms with E-state index in [0.29, 0.717) is 12.1 Å². The molecule has 0 radical (unpaired) electrons. The minimum atomic E-state index is 0.472. The molecule has 0 aliphatic heterocycles. The summed E-state index contributed by atoms with van der Waals surface area (Å²) in [5.41, 5.74) is 2.40. The van der Waals surface area contributed by atoms with Crippen molar-refractivity contribution in [3.8, 4) is 5.69 Å². The normalized spacial score (nSPS) is 21.6. The molecule has 0 atom stereocenters. The summed E-state index contributed by atoms with van der Waals surface area (Å²) in [6.45, 7) is 3.80. The number of hydrogen-bond donors (Lipinski definition) is 1. The van der Waals surface area contributed by atoms with E-state index in [4.69, 9.17) is 4.74 Å². The van der Waals surface area contributed by atoms with E-state index in [9.17, 15) is 0 Å². The zero-order valence-electron chi connectivity index (χ0n) is 11.8. The highest BCUT2D eigenvalue weighted by Crippen LogP contribution is 2.23. The number of hydrogen-bond acceptors (Lipinski definition) is 3. The molecular formula is C16H21N3O. The van der Waals surface area contributed by atoms with Gasteiger partial charge >= 0.3 is 0 Å². The third kappa shape index (κ3) is 3.08. The van der Waals surface area contributed by atoms with Gasteiger partial charge in [-0.1, -0.05) is 12.1 Å². The highest BCUT2D eigenvalue weighted by Gasteiger charge is 2.28. The van der Waals surface area contributed by atoms with E-state index in [1.165, 1.54) is 5.56 Å². The van der Waals surface area contributed by atoms with Crippen LogP contribution >= 0.6 is 0 Å². The highest BCUT2D eigenvalue weighted by atomic mass is 16.5. The molecule has 1 N–H and O–H groups in total. The Balaban J connectivity index is 1.47. The molecular weight excluding hydrogens is 250 g/mol. The number of aromatic nitrogens is 2. The van der Waals surface area contributed by atoms with Crippen LogP contribution in [-0.4, -0.2) is 28.5 Å². The molecule has 1 heterocycles. The van der Waals surface area contributed by atoms with Gasteiger partial charge in [0.25, 0.3) is 0 Å². The summed E-state index contributed by atoms with van der Waals surface area (Å²) in [4.78, 5) is 0. The van der Waals surface area contributed by atoms with E-state index in [0.717, 1.165) is 31.7 Å². The van der Waals surface area contributed by atoms with E-state index < -0.39 is 0 Å². The van der Waals surface area contributed by atoms with Crippen LogP contribution in [0.25, 0.3) is 5.69 Å². The molecule has 0 spiro atoms. The molecule has 4 heteroatoms. The smallest absolute Gasteiger partial charge is 0.0645 e. The summed E-state index contributed by atoms with van der Waals surface area (Å²) in [6, 6.07) is 11.1. The number of rotatable bonds is 6. The van der Waals surface area contributed by atoms with Crippen LogP contribution in [0.15, 0.2) is 42.7 Å². The first kappa shape index (κ1) is 13.3. The fourth-order valence-corrected chi connectivity index (χ4v) is 2.55. The van der Waals surface area contributed by atoms with Crippen molar-refractivity contribution in [1.82, 2.24) is 15.1 Å². The van der Waals surface area contributed by atoms with Crippen LogP contribution in [0.3, 0.4) is 0 Å². The first-order valence-electron chi connectivity index (χ1n) is 7.29. The number of nitrogens with one attached hydrogen (secondary N) is 1. The molecule has 1 aliphatic rings. The Morgan fingerprint density at radius 3 is 2.75 bits per heavy atom. The molecule has 1 aromatic heterocycles. The molecule has 4 nitrogen and oxygen atoms in total. The van der Waals surface area contributed by atoms with Crippen molar-refractivity contribution in [3.63, 3.8) is 0 Å². The fraction of sp³-hybridized carbons (Fsp3) is 0.438. The zero-order chi connectivity index (χ0) is 13.8. The Labute approximate surface area is 119 Å². The third-order valence-electron chi connectivity index (χ3n) is 3.80. The van der Waals surface area contributed by atoms with E-state index in [-0.39, 0.29) is 0 Å². The molecule has 1 aliphatic carbocycles. The number of nitrogens with zero attached hydrogens (tertiary/aromatic N) is 2. The van der Waals surface area contributed by atoms with Gasteiger partial charge in [-0.2, -0.15) is 5.10 Å². The lowest BCUT2D eigenvalue weighted by Crippen LogP contribution is -2.45. The fourth-order valence-electron chi connectivity index (χ4n) is 2.55. The Hall–Kier alpha value is -1.65. The molecule has 20 heavy (non-hydrogen) atoms. The quantitative estimate of drug-likeness (QED) is 0.877. The van der Waals surface area contributed by atoms with Crippen molar-refractivity contribution < 1.29 is 4.74 Å². The van der Waals surface area contributed by atoms with Gasteiger partial charge in [0.15, 0.2) is 0 Å². The van der Waals surface area contributed by atoms with Crippen LogP contribution in [0.2, 0.25) is 0 Å². The van der Waals surface area contributed by atoms with Crippen LogP contribution in [0.1, 0.15) is 25.3 Å². The lowest BCUT2D eigenvalue weighted by molar-refractivity contribution is -0.0102. The van der Waals surface area contributed by atoms with Crippen LogP contribution in [0.4, 0.5) is 0 Å². The number of benzene rings is 1. The van der Waals surface area contributed by atoms with Crippen LogP contribution < -0.4 is 5.32 Å². The van der Waals surface area contributed by atoms with E-state index in [1.807, 2.05) is 16.9 Å². The van der Waals surface area contributed by atoms with Gasteiger partial charge in [-0.15, -0.1) is 0 Å². The average Bonchev–Trinajstić information content (AvgIpc) is 2.96. The predicted octanol–water partition coefficient (Wildman–Crippen LogP) is 2.53. The summed E-state index contributed by atoms with van der Waals surface area (Å²) in [5, 5.41) is 7.80. The lowest BCUT2D eigenvalue weighted by Gasteiger charge is -2.35. The zero-order valence-corrected chi connectivity index (χ0v) is 11.8. The summed E-state index contributed by atoms with van der Waals surface area (Å²) in [5.74, 6) is 0. The molecule has 106 valence electrons. The number of ether oxygens (including phenoxy) is 1. The molecule has 0 bridgehead atoms. The Kier molecular flexibility index (Phi) is 4.14. The summed E-state index contributed by atoms with van der Waals surface area (Å²) in [6.07, 6.45) is 6.49. The SMILES string of the molecule is CCOC1CC(NCc2ccc(-n3cccn3)cc2)C1. The maximum atomic E-state index is 5.57. The second-order valence-electron chi connectivity index (χ2n) is 5.24. The summed E-state index contributed by atoms with van der Waals surface area (Å²) < 4.78 is 7.44. The van der Waals surface area contributed by atoms with Crippen LogP contribution in [0, 0.1) is 0 Å². The van der Waals surface area contributed by atoms with Crippen molar-refractivity contribution in [2.45, 2.75) is 38.5 Å². The van der Waals surface area contributed by atoms with E-state index in [2.05, 4.69) is 41.6 Å². The largest absolute Gasteiger partial charge is 0.378 e. The average molecular weight is 271 g/mol. The van der Waals surface area contributed by atoms with Crippen molar-refractivity contribution in [3.05, 3.63) is 48.3 Å². The molecule has 0 saturated heterocycles. The lowest BCUT2D eigenvalue weighted by atomic mass is 9.89. The van der Waals surface area contributed by atoms with Gasteiger partial charge in [-0.25, -0.2) is 4.68 Å². The second-order valence-corrected chi connectivity index (χ2v) is 5.24. The van der Waals surface area contributed by atoms with Gasteiger partial charge in [0.05, 0.1) is 11.8 Å². The Bertz CT molecular complexity index is 515.